The highest BCUT2D eigenvalue weighted by molar-refractivity contribution is 5.78. The van der Waals surface area contributed by atoms with Gasteiger partial charge in [0.15, 0.2) is 0 Å². The van der Waals surface area contributed by atoms with Gasteiger partial charge in [0.2, 0.25) is 5.91 Å². The SMILES string of the molecule is CC(C1CC1)N(C)C(=O)Cc1cccc(C(F)(F)F)c1. The number of alkyl halides is 3. The third-order valence-corrected chi connectivity index (χ3v) is 3.92. The molecule has 1 aliphatic carbocycles. The summed E-state index contributed by atoms with van der Waals surface area (Å²) < 4.78 is 37.8. The lowest BCUT2D eigenvalue weighted by molar-refractivity contribution is -0.138. The molecule has 1 aromatic carbocycles. The van der Waals surface area contributed by atoms with Gasteiger partial charge in [-0.05, 0) is 37.3 Å². The molecular formula is C15H18F3NO. The summed E-state index contributed by atoms with van der Waals surface area (Å²) in [7, 11) is 1.72. The van der Waals surface area contributed by atoms with E-state index in [0.717, 1.165) is 25.0 Å². The maximum atomic E-state index is 12.6. The molecule has 1 aliphatic rings. The van der Waals surface area contributed by atoms with Gasteiger partial charge in [-0.2, -0.15) is 13.2 Å². The van der Waals surface area contributed by atoms with E-state index in [0.29, 0.717) is 11.5 Å². The lowest BCUT2D eigenvalue weighted by Crippen LogP contribution is -2.37. The Morgan fingerprint density at radius 2 is 2.05 bits per heavy atom. The Morgan fingerprint density at radius 1 is 1.40 bits per heavy atom. The first-order valence-corrected chi connectivity index (χ1v) is 6.71. The third kappa shape index (κ3) is 3.52. The number of amides is 1. The van der Waals surface area contributed by atoms with E-state index >= 15 is 0 Å². The first-order valence-electron chi connectivity index (χ1n) is 6.71. The molecule has 0 saturated heterocycles. The number of carbonyl (C=O) groups is 1. The van der Waals surface area contributed by atoms with Crippen LogP contribution in [-0.2, 0) is 17.4 Å². The van der Waals surface area contributed by atoms with E-state index in [1.54, 1.807) is 18.0 Å². The molecule has 110 valence electrons. The summed E-state index contributed by atoms with van der Waals surface area (Å²) >= 11 is 0. The second-order valence-electron chi connectivity index (χ2n) is 5.46. The fourth-order valence-corrected chi connectivity index (χ4v) is 2.28. The van der Waals surface area contributed by atoms with Crippen LogP contribution < -0.4 is 0 Å². The van der Waals surface area contributed by atoms with Crippen LogP contribution in [0.5, 0.6) is 0 Å². The highest BCUT2D eigenvalue weighted by atomic mass is 19.4. The Bertz CT molecular complexity index is 494. The summed E-state index contributed by atoms with van der Waals surface area (Å²) in [6.45, 7) is 1.99. The maximum Gasteiger partial charge on any atom is 0.416 e. The molecule has 1 saturated carbocycles. The highest BCUT2D eigenvalue weighted by Crippen LogP contribution is 2.35. The second-order valence-corrected chi connectivity index (χ2v) is 5.46. The molecule has 2 rings (SSSR count). The van der Waals surface area contributed by atoms with Gasteiger partial charge in [0.25, 0.3) is 0 Å². The van der Waals surface area contributed by atoms with Crippen LogP contribution in [0.4, 0.5) is 13.2 Å². The van der Waals surface area contributed by atoms with E-state index in [2.05, 4.69) is 0 Å². The van der Waals surface area contributed by atoms with Crippen molar-refractivity contribution < 1.29 is 18.0 Å². The van der Waals surface area contributed by atoms with E-state index in [9.17, 15) is 18.0 Å². The minimum absolute atomic E-state index is 0.0114. The van der Waals surface area contributed by atoms with E-state index in [1.807, 2.05) is 6.92 Å². The van der Waals surface area contributed by atoms with Gasteiger partial charge in [0.1, 0.15) is 0 Å². The quantitative estimate of drug-likeness (QED) is 0.829. The molecule has 2 nitrogen and oxygen atoms in total. The summed E-state index contributed by atoms with van der Waals surface area (Å²) in [6, 6.07) is 5.13. The summed E-state index contributed by atoms with van der Waals surface area (Å²) in [5.74, 6) is 0.411. The number of halogens is 3. The number of hydrogen-bond acceptors (Lipinski definition) is 1. The molecule has 0 aliphatic heterocycles. The van der Waals surface area contributed by atoms with Crippen molar-refractivity contribution >= 4 is 5.91 Å². The topological polar surface area (TPSA) is 20.3 Å². The zero-order valence-corrected chi connectivity index (χ0v) is 11.6. The smallest absolute Gasteiger partial charge is 0.342 e. The first-order chi connectivity index (χ1) is 9.29. The van der Waals surface area contributed by atoms with Gasteiger partial charge in [0, 0.05) is 13.1 Å². The standard InChI is InChI=1S/C15H18F3NO/c1-10(12-6-7-12)19(2)14(20)9-11-4-3-5-13(8-11)15(16,17)18/h3-5,8,10,12H,6-7,9H2,1-2H3. The molecule has 1 atom stereocenters. The van der Waals surface area contributed by atoms with Crippen molar-refractivity contribution in [2.45, 2.75) is 38.4 Å². The molecule has 0 bridgehead atoms. The number of nitrogens with zero attached hydrogens (tertiary/aromatic N) is 1. The molecule has 0 heterocycles. The van der Waals surface area contributed by atoms with Crippen molar-refractivity contribution in [1.29, 1.82) is 0 Å². The third-order valence-electron chi connectivity index (χ3n) is 3.92. The van der Waals surface area contributed by atoms with Gasteiger partial charge >= 0.3 is 6.18 Å². The predicted molar refractivity (Wildman–Crippen MR) is 70.1 cm³/mol. The summed E-state index contributed by atoms with van der Waals surface area (Å²) in [5.41, 5.74) is -0.305. The van der Waals surface area contributed by atoms with Crippen LogP contribution in [0.25, 0.3) is 0 Å². The van der Waals surface area contributed by atoms with Crippen molar-refractivity contribution in [2.24, 2.45) is 5.92 Å². The number of hydrogen-bond donors (Lipinski definition) is 0. The highest BCUT2D eigenvalue weighted by Gasteiger charge is 2.33. The average Bonchev–Trinajstić information content (AvgIpc) is 3.20. The fourth-order valence-electron chi connectivity index (χ4n) is 2.28. The molecule has 1 amide bonds. The zero-order valence-electron chi connectivity index (χ0n) is 11.6. The van der Waals surface area contributed by atoms with Crippen molar-refractivity contribution in [3.05, 3.63) is 35.4 Å². The van der Waals surface area contributed by atoms with Crippen LogP contribution in [0.15, 0.2) is 24.3 Å². The molecule has 5 heteroatoms. The normalized spacial score (nSPS) is 16.9. The van der Waals surface area contributed by atoms with Crippen LogP contribution in [0, 0.1) is 5.92 Å². The molecule has 1 unspecified atom stereocenters. The molecule has 1 aromatic rings. The number of likely N-dealkylation sites (N-methyl/N-ethyl adjacent to an activating group) is 1. The average molecular weight is 285 g/mol. The molecule has 1 fully saturated rings. The minimum Gasteiger partial charge on any atom is -0.342 e. The Balaban J connectivity index is 2.04. The van der Waals surface area contributed by atoms with Crippen molar-refractivity contribution in [2.75, 3.05) is 7.05 Å². The second kappa shape index (κ2) is 5.46. The van der Waals surface area contributed by atoms with Crippen LogP contribution in [0.1, 0.15) is 30.9 Å². The molecule has 0 radical (unpaired) electrons. The van der Waals surface area contributed by atoms with Gasteiger partial charge in [-0.25, -0.2) is 0 Å². The van der Waals surface area contributed by atoms with Crippen molar-refractivity contribution in [1.82, 2.24) is 4.90 Å². The van der Waals surface area contributed by atoms with Crippen LogP contribution in [-0.4, -0.2) is 23.9 Å². The molecule has 0 spiro atoms. The van der Waals surface area contributed by atoms with Gasteiger partial charge in [-0.1, -0.05) is 18.2 Å². The Kier molecular flexibility index (Phi) is 4.06. The van der Waals surface area contributed by atoms with E-state index in [-0.39, 0.29) is 18.4 Å². The minimum atomic E-state index is -4.37. The van der Waals surface area contributed by atoms with Crippen molar-refractivity contribution in [3.63, 3.8) is 0 Å². The molecule has 0 N–H and O–H groups in total. The van der Waals surface area contributed by atoms with Crippen LogP contribution >= 0.6 is 0 Å². The van der Waals surface area contributed by atoms with Crippen molar-refractivity contribution in [3.8, 4) is 0 Å². The Hall–Kier alpha value is -1.52. The lowest BCUT2D eigenvalue weighted by Gasteiger charge is -2.25. The van der Waals surface area contributed by atoms with Crippen LogP contribution in [0.3, 0.4) is 0 Å². The monoisotopic (exact) mass is 285 g/mol. The fraction of sp³-hybridized carbons (Fsp3) is 0.533. The molecular weight excluding hydrogens is 267 g/mol. The van der Waals surface area contributed by atoms with Gasteiger partial charge in [-0.15, -0.1) is 0 Å². The molecule has 0 aromatic heterocycles. The lowest BCUT2D eigenvalue weighted by atomic mass is 10.1. The Morgan fingerprint density at radius 3 is 2.60 bits per heavy atom. The van der Waals surface area contributed by atoms with E-state index < -0.39 is 11.7 Å². The summed E-state index contributed by atoms with van der Waals surface area (Å²) in [5, 5.41) is 0. The van der Waals surface area contributed by atoms with E-state index in [1.165, 1.54) is 6.07 Å². The zero-order chi connectivity index (χ0) is 14.9. The van der Waals surface area contributed by atoms with E-state index in [4.69, 9.17) is 0 Å². The number of benzene rings is 1. The largest absolute Gasteiger partial charge is 0.416 e. The summed E-state index contributed by atoms with van der Waals surface area (Å²) in [6.07, 6.45) is -2.10. The number of rotatable bonds is 4. The van der Waals surface area contributed by atoms with Gasteiger partial charge < -0.3 is 4.90 Å². The summed E-state index contributed by atoms with van der Waals surface area (Å²) in [4.78, 5) is 13.7. The predicted octanol–water partition coefficient (Wildman–Crippen LogP) is 3.50. The Labute approximate surface area is 116 Å². The maximum absolute atomic E-state index is 12.6. The first kappa shape index (κ1) is 14.9. The molecule has 20 heavy (non-hydrogen) atoms. The number of carbonyl (C=O) groups excluding carboxylic acids is 1. The van der Waals surface area contributed by atoms with Gasteiger partial charge in [-0.3, -0.25) is 4.79 Å². The van der Waals surface area contributed by atoms with Gasteiger partial charge in [0.05, 0.1) is 12.0 Å². The van der Waals surface area contributed by atoms with Crippen LogP contribution in [0.2, 0.25) is 0 Å².